The van der Waals surface area contributed by atoms with Crippen LogP contribution in [0.5, 0.6) is 0 Å². The number of hydrogen-bond acceptors (Lipinski definition) is 35. The lowest BCUT2D eigenvalue weighted by molar-refractivity contribution is -0.397. The van der Waals surface area contributed by atoms with Gasteiger partial charge in [-0.1, -0.05) is 0 Å². The van der Waals surface area contributed by atoms with Crippen molar-refractivity contribution in [3.63, 3.8) is 0 Å². The highest BCUT2D eigenvalue weighted by molar-refractivity contribution is 5.01. The SMILES string of the molecule is C[C@@H]1OC(CO)[C@@H](O[C@H]2OC(CO)[C@@H](O[C@H]3OC(CO)[C@@H](O[C@H]4OC(CO)[C@@H](O[C@H]5OC(CO)[C@@H](O[C@H]6OC(CO)[C@@H](O[C@H]7OC(CO)[C@@H](O)[C@H](O)C7O)[C@H](O)C6O)[C@H](O)C5O)[C@H](O)C4O)[C@H](O)C3O)[C@H](O)C2O)[C@H](O)C1O. The van der Waals surface area contributed by atoms with Crippen molar-refractivity contribution >= 4 is 0 Å². The zero-order valence-corrected chi connectivity index (χ0v) is 41.3. The fourth-order valence-corrected chi connectivity index (χ4v) is 10.2. The topological polar surface area (TPSA) is 565 Å². The first-order valence-corrected chi connectivity index (χ1v) is 25.0. The highest BCUT2D eigenvalue weighted by Crippen LogP contribution is 2.38. The Bertz CT molecular complexity index is 1800. The molecule has 0 aliphatic carbocycles. The van der Waals surface area contributed by atoms with Gasteiger partial charge in [-0.2, -0.15) is 0 Å². The molecule has 0 aromatic rings. The quantitative estimate of drug-likeness (QED) is 0.0571. The fourth-order valence-electron chi connectivity index (χ4n) is 10.2. The Kier molecular flexibility index (Phi) is 22.7. The van der Waals surface area contributed by atoms with E-state index in [0.29, 0.717) is 0 Å². The first kappa shape index (κ1) is 64.2. The summed E-state index contributed by atoms with van der Waals surface area (Å²) in [5, 5.41) is 234. The largest absolute Gasteiger partial charge is 0.394 e. The summed E-state index contributed by atoms with van der Waals surface area (Å²) >= 11 is 0. The van der Waals surface area contributed by atoms with E-state index in [9.17, 15) is 112 Å². The molecule has 0 radical (unpaired) electrons. The van der Waals surface area contributed by atoms with Crippen molar-refractivity contribution in [3.8, 4) is 0 Å². The molecule has 0 bridgehead atoms. The number of rotatable bonds is 19. The highest BCUT2D eigenvalue weighted by Gasteiger charge is 2.58. The third-order valence-corrected chi connectivity index (χ3v) is 14.8. The molecule has 7 aliphatic heterocycles. The van der Waals surface area contributed by atoms with Crippen LogP contribution in [-0.4, -0.2) is 373 Å². The van der Waals surface area contributed by atoms with Gasteiger partial charge in [0.2, 0.25) is 0 Å². The third kappa shape index (κ3) is 13.0. The summed E-state index contributed by atoms with van der Waals surface area (Å²) in [6.07, 6.45) is -64.7. The Labute approximate surface area is 441 Å². The van der Waals surface area contributed by atoms with Crippen LogP contribution in [0.4, 0.5) is 0 Å². The van der Waals surface area contributed by atoms with Crippen molar-refractivity contribution in [3.05, 3.63) is 0 Å². The van der Waals surface area contributed by atoms with Crippen molar-refractivity contribution in [2.75, 3.05) is 46.2 Å². The number of ether oxygens (including phenoxy) is 13. The van der Waals surface area contributed by atoms with E-state index in [1.165, 1.54) is 6.92 Å². The normalized spacial score (nSPS) is 53.5. The molecule has 7 heterocycles. The van der Waals surface area contributed by atoms with Crippen molar-refractivity contribution in [2.24, 2.45) is 0 Å². The second-order valence-corrected chi connectivity index (χ2v) is 19.9. The number of aliphatic hydroxyl groups excluding tert-OH is 22. The molecule has 7 fully saturated rings. The minimum atomic E-state index is -2.22. The molecule has 456 valence electrons. The van der Waals surface area contributed by atoms with Gasteiger partial charge in [-0.3, -0.25) is 0 Å². The number of hydrogen-bond donors (Lipinski definition) is 22. The molecule has 0 saturated carbocycles. The van der Waals surface area contributed by atoms with Crippen LogP contribution in [0, 0.1) is 0 Å². The van der Waals surface area contributed by atoms with Crippen LogP contribution in [0.3, 0.4) is 0 Å². The predicted octanol–water partition coefficient (Wildman–Crippen LogP) is -15.2. The molecule has 0 amide bonds. The van der Waals surface area contributed by atoms with Gasteiger partial charge in [0.05, 0.1) is 52.4 Å². The van der Waals surface area contributed by atoms with Crippen LogP contribution in [-0.2, 0) is 61.6 Å². The summed E-state index contributed by atoms with van der Waals surface area (Å²) in [5.74, 6) is 0. The van der Waals surface area contributed by atoms with Gasteiger partial charge in [-0.25, -0.2) is 0 Å². The lowest BCUT2D eigenvalue weighted by Crippen LogP contribution is -2.68. The minimum absolute atomic E-state index is 0.711. The third-order valence-electron chi connectivity index (χ3n) is 14.8. The summed E-state index contributed by atoms with van der Waals surface area (Å²) in [4.78, 5) is 0. The maximum Gasteiger partial charge on any atom is 0.187 e. The van der Waals surface area contributed by atoms with Crippen LogP contribution in [0.25, 0.3) is 0 Å². The lowest BCUT2D eigenvalue weighted by Gasteiger charge is -2.50. The van der Waals surface area contributed by atoms with E-state index in [1.54, 1.807) is 0 Å². The zero-order chi connectivity index (χ0) is 57.3. The van der Waals surface area contributed by atoms with Gasteiger partial charge in [0.1, 0.15) is 171 Å². The first-order chi connectivity index (χ1) is 37.0. The van der Waals surface area contributed by atoms with E-state index in [0.717, 1.165) is 0 Å². The Morgan fingerprint density at radius 2 is 0.397 bits per heavy atom. The Morgan fingerprint density at radius 3 is 0.615 bits per heavy atom. The van der Waals surface area contributed by atoms with Gasteiger partial charge in [0, 0.05) is 0 Å². The Morgan fingerprint density at radius 1 is 0.218 bits per heavy atom. The molecule has 14 unspecified atom stereocenters. The molecule has 0 aromatic heterocycles. The fraction of sp³-hybridized carbons (Fsp3) is 1.00. The van der Waals surface area contributed by atoms with E-state index in [1.807, 2.05) is 0 Å². The van der Waals surface area contributed by atoms with Gasteiger partial charge in [0.15, 0.2) is 37.7 Å². The molecular weight excluding hydrogens is 1080 g/mol. The molecule has 7 aliphatic rings. The standard InChI is InChI=1S/C43H74O35/c1-9-17(51)20(54)32(11(3-45)66-9)73-39-27(61)22(56)34(13(5-47)68-39)75-41-29(63)24(58)36(15(7-49)70-41)77-43-31(65)25(59)37(16(8-50)72-43)78-42-30(64)23(57)35(14(6-48)71-42)76-40-28(62)21(55)33(12(4-46)69-40)74-38-26(60)19(53)18(52)10(2-44)67-38/h9-65H,2-8H2,1H3/t9-,10?,11?,12?,13?,14?,15?,16?,17?,18+,19-,20+,21+,22+,23+,24+,25+,26?,27?,28?,29?,30?,31?,32+,33+,34+,35+,36+,37+,38+,39+,40+,41+,42+,43+/m0/s1. The summed E-state index contributed by atoms with van der Waals surface area (Å²) in [5.41, 5.74) is 0. The van der Waals surface area contributed by atoms with Gasteiger partial charge in [0.25, 0.3) is 0 Å². The summed E-state index contributed by atoms with van der Waals surface area (Å²) in [6, 6.07) is 0. The molecule has 35 heteroatoms. The van der Waals surface area contributed by atoms with E-state index in [4.69, 9.17) is 61.6 Å². The maximum absolute atomic E-state index is 11.3. The van der Waals surface area contributed by atoms with Crippen molar-refractivity contribution in [2.45, 2.75) is 222 Å². The summed E-state index contributed by atoms with van der Waals surface area (Å²) < 4.78 is 72.7. The summed E-state index contributed by atoms with van der Waals surface area (Å²) in [6.45, 7) is -5.20. The smallest absolute Gasteiger partial charge is 0.187 e. The molecule has 7 rings (SSSR count). The predicted molar refractivity (Wildman–Crippen MR) is 235 cm³/mol. The highest BCUT2D eigenvalue weighted by atomic mass is 16.8. The molecule has 35 atom stereocenters. The van der Waals surface area contributed by atoms with Crippen molar-refractivity contribution in [1.82, 2.24) is 0 Å². The average molecular weight is 1150 g/mol. The first-order valence-electron chi connectivity index (χ1n) is 25.0. The van der Waals surface area contributed by atoms with E-state index >= 15 is 0 Å². The van der Waals surface area contributed by atoms with Crippen LogP contribution >= 0.6 is 0 Å². The molecule has 22 N–H and O–H groups in total. The van der Waals surface area contributed by atoms with Gasteiger partial charge in [-0.15, -0.1) is 0 Å². The van der Waals surface area contributed by atoms with Crippen LogP contribution in [0.1, 0.15) is 6.92 Å². The molecule has 7 saturated heterocycles. The minimum Gasteiger partial charge on any atom is -0.394 e. The Balaban J connectivity index is 0.947. The van der Waals surface area contributed by atoms with E-state index in [2.05, 4.69) is 0 Å². The monoisotopic (exact) mass is 1150 g/mol. The van der Waals surface area contributed by atoms with Crippen molar-refractivity contribution in [1.29, 1.82) is 0 Å². The molecule has 0 spiro atoms. The Hall–Kier alpha value is -1.40. The molecule has 35 nitrogen and oxygen atoms in total. The number of aliphatic hydroxyl groups is 22. The molecular formula is C43H74O35. The van der Waals surface area contributed by atoms with E-state index < -0.39 is 261 Å². The lowest BCUT2D eigenvalue weighted by atomic mass is 9.94. The van der Waals surface area contributed by atoms with Crippen molar-refractivity contribution < 1.29 is 174 Å². The van der Waals surface area contributed by atoms with Gasteiger partial charge in [-0.05, 0) is 6.92 Å². The van der Waals surface area contributed by atoms with E-state index in [-0.39, 0.29) is 0 Å². The second kappa shape index (κ2) is 27.5. The second-order valence-electron chi connectivity index (χ2n) is 19.9. The molecule has 78 heavy (non-hydrogen) atoms. The van der Waals surface area contributed by atoms with Crippen LogP contribution < -0.4 is 0 Å². The van der Waals surface area contributed by atoms with Gasteiger partial charge >= 0.3 is 0 Å². The zero-order valence-electron chi connectivity index (χ0n) is 41.3. The summed E-state index contributed by atoms with van der Waals surface area (Å²) in [7, 11) is 0. The average Bonchev–Trinajstić information content (AvgIpc) is 3.47. The molecule has 0 aromatic carbocycles. The van der Waals surface area contributed by atoms with Gasteiger partial charge < -0.3 is 174 Å². The maximum atomic E-state index is 11.3. The van der Waals surface area contributed by atoms with Crippen LogP contribution in [0.15, 0.2) is 0 Å². The van der Waals surface area contributed by atoms with Crippen LogP contribution in [0.2, 0.25) is 0 Å².